The topological polar surface area (TPSA) is 51.2 Å². The van der Waals surface area contributed by atoms with Crippen molar-refractivity contribution in [3.05, 3.63) is 42.2 Å². The maximum atomic E-state index is 12.4. The summed E-state index contributed by atoms with van der Waals surface area (Å²) in [7, 11) is 0. The molecule has 1 unspecified atom stereocenters. The maximum Gasteiger partial charge on any atom is 0.182 e. The van der Waals surface area contributed by atoms with Crippen molar-refractivity contribution in [1.29, 1.82) is 0 Å². The minimum atomic E-state index is -0.246. The zero-order chi connectivity index (χ0) is 12.4. The van der Waals surface area contributed by atoms with Crippen molar-refractivity contribution in [1.82, 2.24) is 10.3 Å². The van der Waals surface area contributed by atoms with Crippen LogP contribution in [-0.4, -0.2) is 36.6 Å². The SMILES string of the molecule is O=C(c1cccc2ccncc12)C1COCCN1. The molecule has 2 heterocycles. The van der Waals surface area contributed by atoms with Gasteiger partial charge in [0.1, 0.15) is 0 Å². The van der Waals surface area contributed by atoms with Crippen molar-refractivity contribution < 1.29 is 9.53 Å². The molecule has 1 fully saturated rings. The monoisotopic (exact) mass is 242 g/mol. The molecule has 4 nitrogen and oxygen atoms in total. The van der Waals surface area contributed by atoms with Crippen molar-refractivity contribution in [2.45, 2.75) is 6.04 Å². The number of hydrogen-bond acceptors (Lipinski definition) is 4. The normalized spacial score (nSPS) is 19.9. The molecule has 0 radical (unpaired) electrons. The van der Waals surface area contributed by atoms with Crippen LogP contribution in [0.25, 0.3) is 10.8 Å². The number of Topliss-reactive ketones (excluding diaryl/α,β-unsaturated/α-hetero) is 1. The third kappa shape index (κ3) is 2.00. The Labute approximate surface area is 105 Å². The number of aromatic nitrogens is 1. The van der Waals surface area contributed by atoms with Crippen molar-refractivity contribution in [2.24, 2.45) is 0 Å². The van der Waals surface area contributed by atoms with Crippen LogP contribution in [0.2, 0.25) is 0 Å². The highest BCUT2D eigenvalue weighted by molar-refractivity contribution is 6.10. The predicted octanol–water partition coefficient (Wildman–Crippen LogP) is 1.41. The fraction of sp³-hybridized carbons (Fsp3) is 0.286. The Kier molecular flexibility index (Phi) is 3.04. The number of hydrogen-bond donors (Lipinski definition) is 1. The van der Waals surface area contributed by atoms with Crippen molar-refractivity contribution in [3.8, 4) is 0 Å². The number of fused-ring (bicyclic) bond motifs is 1. The number of carbonyl (C=O) groups is 1. The number of morpholine rings is 1. The lowest BCUT2D eigenvalue weighted by atomic mass is 9.99. The van der Waals surface area contributed by atoms with Gasteiger partial charge in [-0.2, -0.15) is 0 Å². The zero-order valence-electron chi connectivity index (χ0n) is 9.93. The first-order chi connectivity index (χ1) is 8.86. The van der Waals surface area contributed by atoms with E-state index in [1.54, 1.807) is 12.4 Å². The smallest absolute Gasteiger partial charge is 0.182 e. The van der Waals surface area contributed by atoms with Gasteiger partial charge in [-0.3, -0.25) is 9.78 Å². The molecule has 18 heavy (non-hydrogen) atoms. The average Bonchev–Trinajstić information content (AvgIpc) is 2.47. The summed E-state index contributed by atoms with van der Waals surface area (Å²) < 4.78 is 5.34. The van der Waals surface area contributed by atoms with Gasteiger partial charge in [-0.25, -0.2) is 0 Å². The fourth-order valence-corrected chi connectivity index (χ4v) is 2.25. The number of pyridine rings is 1. The quantitative estimate of drug-likeness (QED) is 0.809. The van der Waals surface area contributed by atoms with E-state index in [4.69, 9.17) is 4.74 Å². The zero-order valence-corrected chi connectivity index (χ0v) is 9.93. The molecule has 1 aromatic heterocycles. The fourth-order valence-electron chi connectivity index (χ4n) is 2.25. The summed E-state index contributed by atoms with van der Waals surface area (Å²) >= 11 is 0. The van der Waals surface area contributed by atoms with E-state index in [-0.39, 0.29) is 11.8 Å². The Morgan fingerprint density at radius 2 is 2.33 bits per heavy atom. The lowest BCUT2D eigenvalue weighted by Gasteiger charge is -2.23. The molecule has 0 saturated carbocycles. The standard InChI is InChI=1S/C14H14N2O2/c17-14(13-9-18-7-6-16-13)11-3-1-2-10-4-5-15-8-12(10)11/h1-5,8,13,16H,6-7,9H2. The summed E-state index contributed by atoms with van der Waals surface area (Å²) in [6.45, 7) is 1.83. The highest BCUT2D eigenvalue weighted by atomic mass is 16.5. The van der Waals surface area contributed by atoms with E-state index in [1.165, 1.54) is 0 Å². The molecule has 1 aliphatic rings. The molecule has 1 saturated heterocycles. The van der Waals surface area contributed by atoms with Gasteiger partial charge in [0, 0.05) is 29.9 Å². The van der Waals surface area contributed by atoms with E-state index in [2.05, 4.69) is 10.3 Å². The molecule has 0 aliphatic carbocycles. The van der Waals surface area contributed by atoms with Crippen LogP contribution in [0.3, 0.4) is 0 Å². The van der Waals surface area contributed by atoms with E-state index in [9.17, 15) is 4.79 Å². The first kappa shape index (κ1) is 11.3. The van der Waals surface area contributed by atoms with Crippen molar-refractivity contribution >= 4 is 16.6 Å². The van der Waals surface area contributed by atoms with E-state index in [0.29, 0.717) is 18.8 Å². The maximum absolute atomic E-state index is 12.4. The van der Waals surface area contributed by atoms with Crippen molar-refractivity contribution in [3.63, 3.8) is 0 Å². The van der Waals surface area contributed by atoms with E-state index >= 15 is 0 Å². The first-order valence-corrected chi connectivity index (χ1v) is 6.04. The van der Waals surface area contributed by atoms with Gasteiger partial charge < -0.3 is 10.1 Å². The van der Waals surface area contributed by atoms with E-state index in [1.807, 2.05) is 24.3 Å². The number of ketones is 1. The van der Waals surface area contributed by atoms with Crippen LogP contribution >= 0.6 is 0 Å². The predicted molar refractivity (Wildman–Crippen MR) is 68.7 cm³/mol. The highest BCUT2D eigenvalue weighted by Gasteiger charge is 2.23. The molecule has 0 bridgehead atoms. The summed E-state index contributed by atoms with van der Waals surface area (Å²) in [5.41, 5.74) is 0.712. The van der Waals surface area contributed by atoms with Gasteiger partial charge >= 0.3 is 0 Å². The molecule has 1 aliphatic heterocycles. The summed E-state index contributed by atoms with van der Waals surface area (Å²) in [4.78, 5) is 16.5. The number of rotatable bonds is 2. The van der Waals surface area contributed by atoms with Crippen LogP contribution in [-0.2, 0) is 4.74 Å². The second kappa shape index (κ2) is 4.84. The lowest BCUT2D eigenvalue weighted by Crippen LogP contribution is -2.46. The van der Waals surface area contributed by atoms with Gasteiger partial charge in [0.05, 0.1) is 19.3 Å². The van der Waals surface area contributed by atoms with E-state index in [0.717, 1.165) is 17.3 Å². The summed E-state index contributed by atoms with van der Waals surface area (Å²) in [6.07, 6.45) is 3.48. The lowest BCUT2D eigenvalue weighted by molar-refractivity contribution is 0.0609. The Morgan fingerprint density at radius 3 is 3.17 bits per heavy atom. The molecule has 1 N–H and O–H groups in total. The van der Waals surface area contributed by atoms with Gasteiger partial charge in [0.15, 0.2) is 5.78 Å². The van der Waals surface area contributed by atoms with Gasteiger partial charge in [-0.05, 0) is 11.5 Å². The number of benzene rings is 1. The first-order valence-electron chi connectivity index (χ1n) is 6.04. The minimum absolute atomic E-state index is 0.0771. The van der Waals surface area contributed by atoms with Crippen LogP contribution in [0.1, 0.15) is 10.4 Å². The summed E-state index contributed by atoms with van der Waals surface area (Å²) in [5, 5.41) is 5.12. The van der Waals surface area contributed by atoms with Gasteiger partial charge in [-0.15, -0.1) is 0 Å². The van der Waals surface area contributed by atoms with Crippen LogP contribution < -0.4 is 5.32 Å². The highest BCUT2D eigenvalue weighted by Crippen LogP contribution is 2.19. The Balaban J connectivity index is 2.00. The third-order valence-electron chi connectivity index (χ3n) is 3.19. The average molecular weight is 242 g/mol. The molecule has 1 atom stereocenters. The largest absolute Gasteiger partial charge is 0.378 e. The second-order valence-corrected chi connectivity index (χ2v) is 4.35. The van der Waals surface area contributed by atoms with Crippen LogP contribution in [0.4, 0.5) is 0 Å². The number of carbonyl (C=O) groups excluding carboxylic acids is 1. The molecular formula is C14H14N2O2. The van der Waals surface area contributed by atoms with Gasteiger partial charge in [0.25, 0.3) is 0 Å². The summed E-state index contributed by atoms with van der Waals surface area (Å²) in [6, 6.07) is 7.40. The third-order valence-corrected chi connectivity index (χ3v) is 3.19. The molecule has 2 aromatic rings. The Bertz CT molecular complexity index is 572. The molecule has 1 aromatic carbocycles. The second-order valence-electron chi connectivity index (χ2n) is 4.35. The van der Waals surface area contributed by atoms with E-state index < -0.39 is 0 Å². The van der Waals surface area contributed by atoms with Crippen molar-refractivity contribution in [2.75, 3.05) is 19.8 Å². The van der Waals surface area contributed by atoms with Gasteiger partial charge in [0.2, 0.25) is 0 Å². The molecule has 0 amide bonds. The molecule has 0 spiro atoms. The molecule has 92 valence electrons. The Hall–Kier alpha value is -1.78. The number of ether oxygens (including phenoxy) is 1. The van der Waals surface area contributed by atoms with Crippen LogP contribution in [0.5, 0.6) is 0 Å². The molecule has 3 rings (SSSR count). The molecule has 4 heteroatoms. The number of nitrogens with one attached hydrogen (secondary N) is 1. The Morgan fingerprint density at radius 1 is 1.39 bits per heavy atom. The van der Waals surface area contributed by atoms with Crippen LogP contribution in [0.15, 0.2) is 36.7 Å². The summed E-state index contributed by atoms with van der Waals surface area (Å²) in [5.74, 6) is 0.0771. The molecular weight excluding hydrogens is 228 g/mol. The minimum Gasteiger partial charge on any atom is -0.378 e. The van der Waals surface area contributed by atoms with Crippen LogP contribution in [0, 0.1) is 0 Å². The number of nitrogens with zero attached hydrogens (tertiary/aromatic N) is 1. The van der Waals surface area contributed by atoms with Gasteiger partial charge in [-0.1, -0.05) is 18.2 Å².